The number of nitrogens with one attached hydrogen (secondary N) is 1. The number of hydrogen-bond acceptors (Lipinski definition) is 4. The molecule has 0 aromatic heterocycles. The number of hydrogen-bond donors (Lipinski definition) is 3. The van der Waals surface area contributed by atoms with Gasteiger partial charge in [0.1, 0.15) is 0 Å². The second-order valence-electron chi connectivity index (χ2n) is 8.87. The minimum atomic E-state index is -5.24. The lowest BCUT2D eigenvalue weighted by atomic mass is 9.63. The SMILES string of the molecule is CC1(C)C[C@](O)(C(F)(F)F)[C@H](NS(=O)(=O)c2cccc3ccccc23)c2ccc(F)c(O)c21. The summed E-state index contributed by atoms with van der Waals surface area (Å²) in [7, 11) is -4.61. The van der Waals surface area contributed by atoms with E-state index in [4.69, 9.17) is 0 Å². The van der Waals surface area contributed by atoms with E-state index in [1.54, 1.807) is 24.3 Å². The Morgan fingerprint density at radius 1 is 1.03 bits per heavy atom. The summed E-state index contributed by atoms with van der Waals surface area (Å²) in [5, 5.41) is 22.0. The monoisotopic (exact) mass is 483 g/mol. The van der Waals surface area contributed by atoms with E-state index in [0.717, 1.165) is 12.1 Å². The van der Waals surface area contributed by atoms with Crippen molar-refractivity contribution in [2.45, 2.75) is 48.4 Å². The van der Waals surface area contributed by atoms with E-state index in [1.807, 2.05) is 4.72 Å². The summed E-state index contributed by atoms with van der Waals surface area (Å²) >= 11 is 0. The highest BCUT2D eigenvalue weighted by Gasteiger charge is 2.65. The van der Waals surface area contributed by atoms with Crippen molar-refractivity contribution >= 4 is 20.8 Å². The van der Waals surface area contributed by atoms with Gasteiger partial charge in [0.15, 0.2) is 17.2 Å². The Bertz CT molecular complexity index is 1350. The van der Waals surface area contributed by atoms with Crippen molar-refractivity contribution in [3.05, 3.63) is 71.5 Å². The summed E-state index contributed by atoms with van der Waals surface area (Å²) in [6.45, 7) is 2.63. The van der Waals surface area contributed by atoms with Gasteiger partial charge in [-0.1, -0.05) is 56.3 Å². The quantitative estimate of drug-likeness (QED) is 0.473. The third-order valence-electron chi connectivity index (χ3n) is 6.14. The predicted octanol–water partition coefficient (Wildman–Crippen LogP) is 4.68. The summed E-state index contributed by atoms with van der Waals surface area (Å²) in [5.74, 6) is -1.94. The first kappa shape index (κ1) is 23.5. The number of benzene rings is 3. The number of halogens is 4. The number of aliphatic hydroxyl groups is 1. The lowest BCUT2D eigenvalue weighted by Crippen LogP contribution is -2.60. The Balaban J connectivity index is 1.95. The van der Waals surface area contributed by atoms with Gasteiger partial charge in [0.2, 0.25) is 10.0 Å². The van der Waals surface area contributed by atoms with Crippen LogP contribution in [-0.4, -0.2) is 30.4 Å². The number of aromatic hydroxyl groups is 1. The molecule has 0 spiro atoms. The fourth-order valence-corrected chi connectivity index (χ4v) is 6.22. The third kappa shape index (κ3) is 3.66. The maximum absolute atomic E-state index is 14.2. The van der Waals surface area contributed by atoms with Gasteiger partial charge in [-0.15, -0.1) is 0 Å². The number of rotatable bonds is 3. The number of sulfonamides is 1. The van der Waals surface area contributed by atoms with Crippen molar-refractivity contribution < 1.29 is 36.2 Å². The average molecular weight is 483 g/mol. The molecule has 0 fully saturated rings. The molecular weight excluding hydrogens is 462 g/mol. The molecule has 2 atom stereocenters. The van der Waals surface area contributed by atoms with E-state index in [0.29, 0.717) is 5.39 Å². The lowest BCUT2D eigenvalue weighted by Gasteiger charge is -2.48. The summed E-state index contributed by atoms with van der Waals surface area (Å²) < 4.78 is 85.4. The molecule has 33 heavy (non-hydrogen) atoms. The van der Waals surface area contributed by atoms with Crippen molar-refractivity contribution in [2.24, 2.45) is 0 Å². The molecule has 0 saturated carbocycles. The van der Waals surface area contributed by atoms with Crippen molar-refractivity contribution in [3.63, 3.8) is 0 Å². The van der Waals surface area contributed by atoms with Crippen LogP contribution >= 0.6 is 0 Å². The van der Waals surface area contributed by atoms with E-state index in [2.05, 4.69) is 0 Å². The van der Waals surface area contributed by atoms with Gasteiger partial charge in [-0.25, -0.2) is 17.5 Å². The van der Waals surface area contributed by atoms with Gasteiger partial charge in [0, 0.05) is 10.9 Å². The van der Waals surface area contributed by atoms with Gasteiger partial charge < -0.3 is 10.2 Å². The first-order valence-electron chi connectivity index (χ1n) is 10.00. The highest BCUT2D eigenvalue weighted by molar-refractivity contribution is 7.89. The Hall–Kier alpha value is -2.69. The highest BCUT2D eigenvalue weighted by atomic mass is 32.2. The van der Waals surface area contributed by atoms with Gasteiger partial charge in [-0.05, 0) is 34.9 Å². The van der Waals surface area contributed by atoms with Crippen LogP contribution in [0.25, 0.3) is 10.8 Å². The molecule has 0 saturated heterocycles. The fraction of sp³-hybridized carbons (Fsp3) is 0.304. The van der Waals surface area contributed by atoms with Crippen molar-refractivity contribution in [1.82, 2.24) is 4.72 Å². The minimum Gasteiger partial charge on any atom is -0.505 e. The smallest absolute Gasteiger partial charge is 0.419 e. The van der Waals surface area contributed by atoms with Gasteiger partial charge >= 0.3 is 6.18 Å². The van der Waals surface area contributed by atoms with Crippen LogP contribution in [0, 0.1) is 5.82 Å². The molecule has 176 valence electrons. The Morgan fingerprint density at radius 3 is 2.33 bits per heavy atom. The van der Waals surface area contributed by atoms with Crippen molar-refractivity contribution in [3.8, 4) is 5.75 Å². The van der Waals surface area contributed by atoms with Crippen LogP contribution in [0.2, 0.25) is 0 Å². The van der Waals surface area contributed by atoms with Gasteiger partial charge in [-0.2, -0.15) is 13.2 Å². The van der Waals surface area contributed by atoms with Crippen LogP contribution in [0.5, 0.6) is 5.75 Å². The molecule has 5 nitrogen and oxygen atoms in total. The Morgan fingerprint density at radius 2 is 1.67 bits per heavy atom. The number of phenols is 1. The van der Waals surface area contributed by atoms with Gasteiger partial charge in [0.05, 0.1) is 10.9 Å². The molecule has 0 amide bonds. The van der Waals surface area contributed by atoms with Crippen LogP contribution in [0.15, 0.2) is 59.5 Å². The largest absolute Gasteiger partial charge is 0.505 e. The lowest BCUT2D eigenvalue weighted by molar-refractivity contribution is -0.279. The van der Waals surface area contributed by atoms with Crippen LogP contribution in [-0.2, 0) is 15.4 Å². The predicted molar refractivity (Wildman–Crippen MR) is 114 cm³/mol. The molecular formula is C23H21F4NO4S. The molecule has 3 aromatic rings. The number of fused-ring (bicyclic) bond motifs is 2. The number of alkyl halides is 3. The van der Waals surface area contributed by atoms with E-state index >= 15 is 0 Å². The van der Waals surface area contributed by atoms with Crippen LogP contribution in [0.3, 0.4) is 0 Å². The van der Waals surface area contributed by atoms with Crippen molar-refractivity contribution in [1.29, 1.82) is 0 Å². The second-order valence-corrected chi connectivity index (χ2v) is 10.6. The second kappa shape index (κ2) is 7.41. The number of phenolic OH excluding ortho intramolecular Hbond substituents is 1. The highest BCUT2D eigenvalue weighted by Crippen LogP contribution is 2.56. The molecule has 10 heteroatoms. The molecule has 4 rings (SSSR count). The topological polar surface area (TPSA) is 86.6 Å². The first-order chi connectivity index (χ1) is 15.2. The minimum absolute atomic E-state index is 0.193. The van der Waals surface area contributed by atoms with Crippen LogP contribution in [0.1, 0.15) is 37.4 Å². The summed E-state index contributed by atoms with van der Waals surface area (Å²) in [4.78, 5) is -0.275. The summed E-state index contributed by atoms with van der Waals surface area (Å²) in [5.41, 5.74) is -5.59. The third-order valence-corrected chi connectivity index (χ3v) is 7.62. The zero-order valence-electron chi connectivity index (χ0n) is 17.6. The zero-order chi connectivity index (χ0) is 24.4. The summed E-state index contributed by atoms with van der Waals surface area (Å²) in [6.07, 6.45) is -6.24. The maximum Gasteiger partial charge on any atom is 0.419 e. The maximum atomic E-state index is 14.2. The van der Waals surface area contributed by atoms with E-state index < -0.39 is 51.2 Å². The van der Waals surface area contributed by atoms with Gasteiger partial charge in [-0.3, -0.25) is 0 Å². The molecule has 1 aliphatic carbocycles. The van der Waals surface area contributed by atoms with E-state index in [9.17, 15) is 36.2 Å². The van der Waals surface area contributed by atoms with Crippen LogP contribution < -0.4 is 4.72 Å². The van der Waals surface area contributed by atoms with Crippen LogP contribution in [0.4, 0.5) is 17.6 Å². The first-order valence-corrected chi connectivity index (χ1v) is 11.5. The molecule has 0 radical (unpaired) electrons. The standard InChI is InChI=1S/C23H21F4NO4S/c1-21(2)12-22(30,23(25,26)27)20(15-10-11-16(24)19(29)18(15)21)28-33(31,32)17-9-5-7-13-6-3-4-8-14(13)17/h3-11,20,28-30H,12H2,1-2H3/t20-,22-/m1/s1. The molecule has 3 aromatic carbocycles. The van der Waals surface area contributed by atoms with E-state index in [-0.39, 0.29) is 21.4 Å². The molecule has 0 unspecified atom stereocenters. The molecule has 3 N–H and O–H groups in total. The molecule has 0 aliphatic heterocycles. The van der Waals surface area contributed by atoms with E-state index in [1.165, 1.54) is 32.0 Å². The Labute approximate surface area is 187 Å². The molecule has 0 heterocycles. The Kier molecular flexibility index (Phi) is 5.27. The van der Waals surface area contributed by atoms with Crippen molar-refractivity contribution in [2.75, 3.05) is 0 Å². The molecule has 0 bridgehead atoms. The summed E-state index contributed by atoms with van der Waals surface area (Å²) in [6, 6.07) is 10.3. The average Bonchev–Trinajstić information content (AvgIpc) is 2.71. The normalized spacial score (nSPS) is 22.8. The molecule has 1 aliphatic rings. The zero-order valence-corrected chi connectivity index (χ0v) is 18.4. The van der Waals surface area contributed by atoms with Gasteiger partial charge in [0.25, 0.3) is 0 Å². The fourth-order valence-electron chi connectivity index (χ4n) is 4.73.